The first-order valence-corrected chi connectivity index (χ1v) is 13.7. The molecule has 0 N–H and O–H groups in total. The summed E-state index contributed by atoms with van der Waals surface area (Å²) in [6, 6.07) is 44.3. The van der Waals surface area contributed by atoms with Crippen LogP contribution in [0.3, 0.4) is 0 Å². The minimum atomic E-state index is -0.283. The van der Waals surface area contributed by atoms with Gasteiger partial charge in [-0.3, -0.25) is 0 Å². The number of rotatable bonds is 9. The van der Waals surface area contributed by atoms with Crippen molar-refractivity contribution in [3.8, 4) is 0 Å². The third kappa shape index (κ3) is 6.86. The maximum absolute atomic E-state index is 2.31. The Morgan fingerprint density at radius 1 is 0.355 bits per heavy atom. The molecular formula is C28H28NiP2. The van der Waals surface area contributed by atoms with E-state index in [0.717, 1.165) is 0 Å². The van der Waals surface area contributed by atoms with Crippen LogP contribution in [-0.2, 0) is 16.5 Å². The van der Waals surface area contributed by atoms with Gasteiger partial charge in [-0.15, -0.1) is 0 Å². The van der Waals surface area contributed by atoms with Gasteiger partial charge in [-0.25, -0.2) is 0 Å². The van der Waals surface area contributed by atoms with Crippen LogP contribution in [-0.4, -0.2) is 12.3 Å². The molecule has 0 bridgehead atoms. The van der Waals surface area contributed by atoms with Gasteiger partial charge in [0.15, 0.2) is 0 Å². The van der Waals surface area contributed by atoms with Crippen molar-refractivity contribution in [1.29, 1.82) is 0 Å². The molecule has 0 amide bonds. The van der Waals surface area contributed by atoms with Crippen molar-refractivity contribution < 1.29 is 16.5 Å². The van der Waals surface area contributed by atoms with Crippen molar-refractivity contribution in [2.24, 2.45) is 0 Å². The van der Waals surface area contributed by atoms with E-state index in [-0.39, 0.29) is 32.3 Å². The Bertz CT molecular complexity index is 828. The molecule has 0 aliphatic rings. The molecule has 0 heterocycles. The summed E-state index contributed by atoms with van der Waals surface area (Å²) in [6.45, 7) is 0. The fourth-order valence-corrected chi connectivity index (χ4v) is 8.62. The van der Waals surface area contributed by atoms with Gasteiger partial charge < -0.3 is 0 Å². The molecular weight excluding hydrogens is 457 g/mol. The minimum absolute atomic E-state index is 0. The fraction of sp³-hybridized carbons (Fsp3) is 0.143. The van der Waals surface area contributed by atoms with Gasteiger partial charge in [-0.1, -0.05) is 121 Å². The molecule has 4 rings (SSSR count). The summed E-state index contributed by atoms with van der Waals surface area (Å²) < 4.78 is 0. The van der Waals surface area contributed by atoms with Gasteiger partial charge in [0.05, 0.1) is 0 Å². The zero-order chi connectivity index (χ0) is 20.4. The predicted molar refractivity (Wildman–Crippen MR) is 137 cm³/mol. The SMILES string of the molecule is [Ni].c1ccc(P(CCCCP(c2ccccc2)c2ccccc2)c2ccccc2)cc1. The molecule has 0 fully saturated rings. The molecule has 0 unspecified atom stereocenters. The minimum Gasteiger partial charge on any atom is -0.0622 e. The third-order valence-corrected chi connectivity index (χ3v) is 10.5. The van der Waals surface area contributed by atoms with Crippen molar-refractivity contribution >= 4 is 37.1 Å². The number of unbranched alkanes of at least 4 members (excludes halogenated alkanes) is 1. The van der Waals surface area contributed by atoms with Crippen molar-refractivity contribution in [3.63, 3.8) is 0 Å². The molecule has 0 atom stereocenters. The fourth-order valence-electron chi connectivity index (χ4n) is 3.79. The first-order chi connectivity index (χ1) is 14.9. The molecule has 4 aromatic rings. The Balaban J connectivity index is 0.00000272. The molecule has 0 saturated heterocycles. The Morgan fingerprint density at radius 3 is 0.806 bits per heavy atom. The first-order valence-electron chi connectivity index (χ1n) is 10.7. The van der Waals surface area contributed by atoms with Crippen LogP contribution in [0.15, 0.2) is 121 Å². The van der Waals surface area contributed by atoms with Gasteiger partial charge in [0.25, 0.3) is 0 Å². The second-order valence-corrected chi connectivity index (χ2v) is 12.0. The van der Waals surface area contributed by atoms with Gasteiger partial charge in [-0.2, -0.15) is 0 Å². The molecule has 4 aromatic carbocycles. The van der Waals surface area contributed by atoms with E-state index in [4.69, 9.17) is 0 Å². The summed E-state index contributed by atoms with van der Waals surface area (Å²) in [7, 11) is -0.566. The zero-order valence-corrected chi connectivity index (χ0v) is 20.4. The van der Waals surface area contributed by atoms with Gasteiger partial charge in [0, 0.05) is 16.5 Å². The summed E-state index contributed by atoms with van der Waals surface area (Å²) in [5, 5.41) is 5.97. The van der Waals surface area contributed by atoms with E-state index in [1.807, 2.05) is 0 Å². The number of benzene rings is 4. The van der Waals surface area contributed by atoms with Crippen LogP contribution in [0.25, 0.3) is 0 Å². The van der Waals surface area contributed by atoms with E-state index >= 15 is 0 Å². The van der Waals surface area contributed by atoms with Crippen molar-refractivity contribution in [2.45, 2.75) is 12.8 Å². The zero-order valence-electron chi connectivity index (χ0n) is 17.6. The quantitative estimate of drug-likeness (QED) is 0.154. The van der Waals surface area contributed by atoms with Crippen molar-refractivity contribution in [2.75, 3.05) is 12.3 Å². The molecule has 3 heteroatoms. The smallest absolute Gasteiger partial charge is 0 e. The van der Waals surface area contributed by atoms with Crippen LogP contribution < -0.4 is 21.2 Å². The summed E-state index contributed by atoms with van der Waals surface area (Å²) in [4.78, 5) is 0. The van der Waals surface area contributed by atoms with E-state index in [9.17, 15) is 0 Å². The molecule has 0 nitrogen and oxygen atoms in total. The Kier molecular flexibility index (Phi) is 9.97. The first kappa shape index (κ1) is 23.9. The third-order valence-electron chi connectivity index (χ3n) is 5.28. The molecule has 0 aliphatic heterocycles. The van der Waals surface area contributed by atoms with E-state index in [1.54, 1.807) is 0 Å². The monoisotopic (exact) mass is 484 g/mol. The number of hydrogen-bond donors (Lipinski definition) is 0. The number of hydrogen-bond acceptors (Lipinski definition) is 0. The van der Waals surface area contributed by atoms with E-state index in [1.165, 1.54) is 46.4 Å². The molecule has 0 spiro atoms. The Hall–Kier alpha value is -1.77. The van der Waals surface area contributed by atoms with E-state index in [2.05, 4.69) is 121 Å². The van der Waals surface area contributed by atoms with Crippen LogP contribution >= 0.6 is 15.8 Å². The van der Waals surface area contributed by atoms with Crippen molar-refractivity contribution in [1.82, 2.24) is 0 Å². The topological polar surface area (TPSA) is 0 Å². The second kappa shape index (κ2) is 12.9. The van der Waals surface area contributed by atoms with Gasteiger partial charge in [0.2, 0.25) is 0 Å². The van der Waals surface area contributed by atoms with Gasteiger partial charge in [0.1, 0.15) is 0 Å². The van der Waals surface area contributed by atoms with Gasteiger partial charge in [-0.05, 0) is 62.2 Å². The Labute approximate surface area is 199 Å². The standard InChI is InChI=1S/C28H28P2.Ni/c1-5-15-25(16-6-1)29(26-17-7-2-8-18-26)23-13-14-24-30(27-19-9-3-10-20-27)28-21-11-4-12-22-28;/h1-12,15-22H,13-14,23-24H2;. The maximum atomic E-state index is 2.31. The van der Waals surface area contributed by atoms with Crippen LogP contribution in [0, 0.1) is 0 Å². The summed E-state index contributed by atoms with van der Waals surface area (Å²) in [5.74, 6) is 0. The Morgan fingerprint density at radius 2 is 0.581 bits per heavy atom. The largest absolute Gasteiger partial charge is 0.0622 e. The van der Waals surface area contributed by atoms with E-state index in [0.29, 0.717) is 0 Å². The van der Waals surface area contributed by atoms with Crippen LogP contribution in [0.2, 0.25) is 0 Å². The average molecular weight is 485 g/mol. The normalized spacial score (nSPS) is 10.8. The van der Waals surface area contributed by atoms with E-state index < -0.39 is 0 Å². The predicted octanol–water partition coefficient (Wildman–Crippen LogP) is 6.03. The van der Waals surface area contributed by atoms with Crippen LogP contribution in [0.5, 0.6) is 0 Å². The molecule has 0 radical (unpaired) electrons. The molecule has 160 valence electrons. The summed E-state index contributed by atoms with van der Waals surface area (Å²) >= 11 is 0. The van der Waals surface area contributed by atoms with Crippen LogP contribution in [0.4, 0.5) is 0 Å². The summed E-state index contributed by atoms with van der Waals surface area (Å²) in [6.07, 6.45) is 5.06. The molecule has 0 aromatic heterocycles. The molecule has 0 aliphatic carbocycles. The van der Waals surface area contributed by atoms with Crippen molar-refractivity contribution in [3.05, 3.63) is 121 Å². The average Bonchev–Trinajstić information content (AvgIpc) is 2.84. The van der Waals surface area contributed by atoms with Crippen LogP contribution in [0.1, 0.15) is 12.8 Å². The second-order valence-electron chi connectivity index (χ2n) is 7.35. The summed E-state index contributed by atoms with van der Waals surface area (Å²) in [5.41, 5.74) is 0. The molecule has 0 saturated carbocycles. The van der Waals surface area contributed by atoms with Gasteiger partial charge >= 0.3 is 0 Å². The maximum Gasteiger partial charge on any atom is 0 e. The molecule has 31 heavy (non-hydrogen) atoms.